The molecule has 0 aliphatic rings. The molecule has 4 rings (SSSR count). The molecule has 0 unspecified atom stereocenters. The number of rotatable bonds is 8. The smallest absolute Gasteiger partial charge is 0.225 e. The highest BCUT2D eigenvalue weighted by atomic mass is 32.1. The molecule has 0 saturated carbocycles. The van der Waals surface area contributed by atoms with Crippen LogP contribution in [0.25, 0.3) is 20.8 Å². The lowest BCUT2D eigenvalue weighted by molar-refractivity contribution is -0.116. The van der Waals surface area contributed by atoms with Crippen LogP contribution in [-0.4, -0.2) is 28.3 Å². The molecule has 6 nitrogen and oxygen atoms in total. The number of ether oxygens (including phenoxy) is 1. The molecule has 7 heteroatoms. The molecule has 0 radical (unpaired) electrons. The van der Waals surface area contributed by atoms with Gasteiger partial charge in [-0.25, -0.2) is 9.97 Å². The number of carbonyl (C=O) groups is 2. The van der Waals surface area contributed by atoms with Crippen molar-refractivity contribution in [1.82, 2.24) is 9.97 Å². The molecule has 0 aliphatic heterocycles. The van der Waals surface area contributed by atoms with Crippen molar-refractivity contribution in [2.75, 3.05) is 11.9 Å². The van der Waals surface area contributed by atoms with Crippen LogP contribution in [0.1, 0.15) is 30.1 Å². The summed E-state index contributed by atoms with van der Waals surface area (Å²) in [5, 5.41) is 3.71. The number of amides is 1. The second-order valence-electron chi connectivity index (χ2n) is 7.00. The summed E-state index contributed by atoms with van der Waals surface area (Å²) >= 11 is 1.61. The highest BCUT2D eigenvalue weighted by Crippen LogP contribution is 2.29. The second kappa shape index (κ2) is 9.49. The zero-order valence-electron chi connectivity index (χ0n) is 17.0. The molecule has 31 heavy (non-hydrogen) atoms. The first kappa shape index (κ1) is 20.7. The van der Waals surface area contributed by atoms with Crippen LogP contribution in [0.5, 0.6) is 5.75 Å². The van der Waals surface area contributed by atoms with Crippen LogP contribution in [-0.2, 0) is 4.79 Å². The van der Waals surface area contributed by atoms with Crippen LogP contribution in [0.3, 0.4) is 0 Å². The quantitative estimate of drug-likeness (QED) is 0.300. The maximum atomic E-state index is 12.2. The number of carbonyl (C=O) groups excluding carboxylic acids is 2. The number of fused-ring (bicyclic) bond motifs is 1. The summed E-state index contributed by atoms with van der Waals surface area (Å²) in [6.45, 7) is 1.94. The van der Waals surface area contributed by atoms with Crippen LogP contribution in [0.4, 0.5) is 5.82 Å². The summed E-state index contributed by atoms with van der Waals surface area (Å²) in [4.78, 5) is 32.4. The Morgan fingerprint density at radius 3 is 2.55 bits per heavy atom. The molecular formula is C24H21N3O3S. The van der Waals surface area contributed by atoms with E-state index in [0.29, 0.717) is 36.6 Å². The van der Waals surface area contributed by atoms with Gasteiger partial charge in [0.1, 0.15) is 16.6 Å². The lowest BCUT2D eigenvalue weighted by Crippen LogP contribution is -2.13. The van der Waals surface area contributed by atoms with Crippen molar-refractivity contribution in [2.24, 2.45) is 0 Å². The number of nitrogens with one attached hydrogen (secondary N) is 1. The molecule has 4 aromatic rings. The third-order valence-corrected chi connectivity index (χ3v) is 5.74. The molecule has 0 bridgehead atoms. The van der Waals surface area contributed by atoms with Gasteiger partial charge in [0.15, 0.2) is 5.78 Å². The summed E-state index contributed by atoms with van der Waals surface area (Å²) in [6.07, 6.45) is 2.62. The fourth-order valence-electron chi connectivity index (χ4n) is 3.00. The van der Waals surface area contributed by atoms with Crippen LogP contribution < -0.4 is 10.1 Å². The number of para-hydroxylation sites is 1. The molecule has 0 spiro atoms. The summed E-state index contributed by atoms with van der Waals surface area (Å²) in [5.41, 5.74) is 2.54. The number of thiazole rings is 1. The van der Waals surface area contributed by atoms with Crippen molar-refractivity contribution in [2.45, 2.75) is 19.8 Å². The summed E-state index contributed by atoms with van der Waals surface area (Å²) in [6, 6.07) is 18.7. The average Bonchev–Trinajstić information content (AvgIpc) is 3.22. The number of anilines is 1. The van der Waals surface area contributed by atoms with Crippen LogP contribution in [0.2, 0.25) is 0 Å². The van der Waals surface area contributed by atoms with Gasteiger partial charge in [0, 0.05) is 23.7 Å². The Morgan fingerprint density at radius 1 is 1.03 bits per heavy atom. The standard InChI is InChI=1S/C24H21N3O3S/c1-16(28)17-8-11-19(12-9-17)30-14-4-7-23(29)27-22-13-10-18(15-25-22)24-26-20-5-2-3-6-21(20)31-24/h2-3,5-6,8-13,15H,4,7,14H2,1H3,(H,25,27,29). The van der Waals surface area contributed by atoms with E-state index in [1.165, 1.54) is 6.92 Å². The number of hydrogen-bond donors (Lipinski definition) is 1. The predicted molar refractivity (Wildman–Crippen MR) is 123 cm³/mol. The minimum atomic E-state index is -0.115. The third-order valence-electron chi connectivity index (χ3n) is 4.65. The number of ketones is 1. The van der Waals surface area contributed by atoms with Gasteiger partial charge in [0.2, 0.25) is 5.91 Å². The van der Waals surface area contributed by atoms with E-state index in [9.17, 15) is 9.59 Å². The zero-order valence-corrected chi connectivity index (χ0v) is 17.8. The monoisotopic (exact) mass is 431 g/mol. The molecule has 0 fully saturated rings. The van der Waals surface area contributed by atoms with Gasteiger partial charge in [-0.05, 0) is 61.9 Å². The highest BCUT2D eigenvalue weighted by molar-refractivity contribution is 7.21. The first-order valence-corrected chi connectivity index (χ1v) is 10.8. The predicted octanol–water partition coefficient (Wildman–Crippen LogP) is 5.36. The van der Waals surface area contributed by atoms with Gasteiger partial charge >= 0.3 is 0 Å². The number of nitrogens with zero attached hydrogens (tertiary/aromatic N) is 2. The minimum absolute atomic E-state index is 0.0185. The normalized spacial score (nSPS) is 10.7. The Morgan fingerprint density at radius 2 is 1.84 bits per heavy atom. The van der Waals surface area contributed by atoms with E-state index in [2.05, 4.69) is 15.3 Å². The first-order chi connectivity index (χ1) is 15.1. The number of hydrogen-bond acceptors (Lipinski definition) is 6. The second-order valence-corrected chi connectivity index (χ2v) is 8.03. The zero-order chi connectivity index (χ0) is 21.6. The van der Waals surface area contributed by atoms with Gasteiger partial charge < -0.3 is 10.1 Å². The number of benzene rings is 2. The van der Waals surface area contributed by atoms with Crippen molar-refractivity contribution in [3.63, 3.8) is 0 Å². The Balaban J connectivity index is 1.24. The fraction of sp³-hybridized carbons (Fsp3) is 0.167. The van der Waals surface area contributed by atoms with E-state index in [1.54, 1.807) is 47.9 Å². The molecule has 0 saturated heterocycles. The van der Waals surface area contributed by atoms with E-state index in [-0.39, 0.29) is 11.7 Å². The largest absolute Gasteiger partial charge is 0.494 e. The van der Waals surface area contributed by atoms with Crippen molar-refractivity contribution >= 4 is 39.1 Å². The molecule has 1 amide bonds. The molecule has 2 heterocycles. The van der Waals surface area contributed by atoms with E-state index in [1.807, 2.05) is 30.3 Å². The SMILES string of the molecule is CC(=O)c1ccc(OCCCC(=O)Nc2ccc(-c3nc4ccccc4s3)cn2)cc1. The van der Waals surface area contributed by atoms with Crippen molar-refractivity contribution in [3.05, 3.63) is 72.4 Å². The van der Waals surface area contributed by atoms with Gasteiger partial charge in [0.05, 0.1) is 16.8 Å². The highest BCUT2D eigenvalue weighted by Gasteiger charge is 2.08. The number of aromatic nitrogens is 2. The topological polar surface area (TPSA) is 81.2 Å². The third kappa shape index (κ3) is 5.32. The Bertz CT molecular complexity index is 1170. The molecule has 1 N–H and O–H groups in total. The Hall–Kier alpha value is -3.58. The minimum Gasteiger partial charge on any atom is -0.494 e. The maximum absolute atomic E-state index is 12.2. The van der Waals surface area contributed by atoms with Gasteiger partial charge in [-0.15, -0.1) is 11.3 Å². The lowest BCUT2D eigenvalue weighted by Gasteiger charge is -2.07. The molecule has 2 aromatic carbocycles. The molecular weight excluding hydrogens is 410 g/mol. The van der Waals surface area contributed by atoms with E-state index >= 15 is 0 Å². The van der Waals surface area contributed by atoms with E-state index in [0.717, 1.165) is 20.8 Å². The lowest BCUT2D eigenvalue weighted by atomic mass is 10.1. The summed E-state index contributed by atoms with van der Waals surface area (Å²) in [5.74, 6) is 1.09. The van der Waals surface area contributed by atoms with Crippen molar-refractivity contribution in [1.29, 1.82) is 0 Å². The summed E-state index contributed by atoms with van der Waals surface area (Å²) in [7, 11) is 0. The van der Waals surface area contributed by atoms with Crippen LogP contribution >= 0.6 is 11.3 Å². The van der Waals surface area contributed by atoms with Gasteiger partial charge in [-0.2, -0.15) is 0 Å². The molecule has 0 aliphatic carbocycles. The fourth-order valence-corrected chi connectivity index (χ4v) is 3.96. The van der Waals surface area contributed by atoms with Crippen molar-refractivity contribution in [3.8, 4) is 16.3 Å². The van der Waals surface area contributed by atoms with Gasteiger partial charge in [-0.1, -0.05) is 12.1 Å². The average molecular weight is 432 g/mol. The van der Waals surface area contributed by atoms with Crippen LogP contribution in [0, 0.1) is 0 Å². The van der Waals surface area contributed by atoms with Crippen molar-refractivity contribution < 1.29 is 14.3 Å². The van der Waals surface area contributed by atoms with Crippen LogP contribution in [0.15, 0.2) is 66.9 Å². The number of pyridine rings is 1. The Labute approximate surface area is 183 Å². The molecule has 2 aromatic heterocycles. The van der Waals surface area contributed by atoms with E-state index in [4.69, 9.17) is 4.74 Å². The first-order valence-electron chi connectivity index (χ1n) is 9.94. The maximum Gasteiger partial charge on any atom is 0.225 e. The molecule has 0 atom stereocenters. The molecule has 156 valence electrons. The van der Waals surface area contributed by atoms with Gasteiger partial charge in [0.25, 0.3) is 0 Å². The number of Topliss-reactive ketones (excluding diaryl/α,β-unsaturated/α-hetero) is 1. The van der Waals surface area contributed by atoms with E-state index < -0.39 is 0 Å². The van der Waals surface area contributed by atoms with Gasteiger partial charge in [-0.3, -0.25) is 9.59 Å². The Kier molecular flexibility index (Phi) is 6.33. The summed E-state index contributed by atoms with van der Waals surface area (Å²) < 4.78 is 6.75.